The van der Waals surface area contributed by atoms with Gasteiger partial charge in [0.25, 0.3) is 0 Å². The highest BCUT2D eigenvalue weighted by Crippen LogP contribution is 2.55. The van der Waals surface area contributed by atoms with Crippen LogP contribution in [0.4, 0.5) is 17.1 Å². The van der Waals surface area contributed by atoms with Crippen LogP contribution in [0.1, 0.15) is 25.0 Å². The van der Waals surface area contributed by atoms with Crippen LogP contribution in [0.2, 0.25) is 0 Å². The average molecular weight is 670 g/mol. The Morgan fingerprint density at radius 1 is 0.431 bits per heavy atom. The minimum atomic E-state index is -0.0894. The van der Waals surface area contributed by atoms with E-state index in [2.05, 4.69) is 195 Å². The number of rotatable bonds is 5. The number of anilines is 3. The molecule has 0 unspecified atom stereocenters. The third kappa shape index (κ3) is 4.75. The van der Waals surface area contributed by atoms with Gasteiger partial charge in [-0.15, -0.1) is 11.3 Å². The highest BCUT2D eigenvalue weighted by molar-refractivity contribution is 7.25. The summed E-state index contributed by atoms with van der Waals surface area (Å²) in [6.45, 7) is 4.71. The molecule has 0 amide bonds. The Labute approximate surface area is 302 Å². The summed E-state index contributed by atoms with van der Waals surface area (Å²) < 4.78 is 2.68. The van der Waals surface area contributed by atoms with Crippen molar-refractivity contribution in [3.8, 4) is 33.4 Å². The first-order valence-electron chi connectivity index (χ1n) is 17.7. The monoisotopic (exact) mass is 669 g/mol. The van der Waals surface area contributed by atoms with Gasteiger partial charge in [-0.05, 0) is 92.7 Å². The van der Waals surface area contributed by atoms with Gasteiger partial charge in [-0.25, -0.2) is 0 Å². The van der Waals surface area contributed by atoms with E-state index in [1.54, 1.807) is 0 Å². The van der Waals surface area contributed by atoms with E-state index in [0.29, 0.717) is 0 Å². The Morgan fingerprint density at radius 3 is 1.98 bits per heavy atom. The molecule has 1 aliphatic rings. The maximum absolute atomic E-state index is 2.47. The summed E-state index contributed by atoms with van der Waals surface area (Å²) >= 11 is 1.88. The zero-order valence-electron chi connectivity index (χ0n) is 28.6. The second-order valence-electron chi connectivity index (χ2n) is 14.1. The van der Waals surface area contributed by atoms with E-state index in [-0.39, 0.29) is 5.41 Å². The van der Waals surface area contributed by atoms with Gasteiger partial charge < -0.3 is 4.90 Å². The van der Waals surface area contributed by atoms with Gasteiger partial charge in [0.05, 0.1) is 11.4 Å². The van der Waals surface area contributed by atoms with E-state index in [1.165, 1.54) is 81.1 Å². The largest absolute Gasteiger partial charge is 0.309 e. The van der Waals surface area contributed by atoms with Crippen LogP contribution in [0.5, 0.6) is 0 Å². The molecule has 2 heteroatoms. The SMILES string of the molecule is CC1(C)c2ccccc2-c2c(N(c3ccc(-c4ccc5cc6c(cc5c4)sc4ccccc46)cc3)c3ccccc3-c3ccccc3)cccc21. The summed E-state index contributed by atoms with van der Waals surface area (Å²) in [5.74, 6) is 0. The molecule has 0 bridgehead atoms. The normalized spacial score (nSPS) is 13.1. The molecular weight excluding hydrogens is 635 g/mol. The molecule has 1 heterocycles. The van der Waals surface area contributed by atoms with E-state index in [4.69, 9.17) is 0 Å². The van der Waals surface area contributed by atoms with Crippen molar-refractivity contribution in [3.05, 3.63) is 187 Å². The molecule has 1 aromatic heterocycles. The van der Waals surface area contributed by atoms with Gasteiger partial charge in [-0.2, -0.15) is 0 Å². The number of nitrogens with zero attached hydrogens (tertiary/aromatic N) is 1. The topological polar surface area (TPSA) is 3.24 Å². The Morgan fingerprint density at radius 2 is 1.12 bits per heavy atom. The highest BCUT2D eigenvalue weighted by Gasteiger charge is 2.37. The third-order valence-electron chi connectivity index (χ3n) is 10.9. The highest BCUT2D eigenvalue weighted by atomic mass is 32.1. The van der Waals surface area contributed by atoms with Gasteiger partial charge >= 0.3 is 0 Å². The third-order valence-corrected chi connectivity index (χ3v) is 12.0. The predicted octanol–water partition coefficient (Wildman–Crippen LogP) is 14.3. The lowest BCUT2D eigenvalue weighted by Crippen LogP contribution is -2.16. The van der Waals surface area contributed by atoms with Crippen LogP contribution in [0, 0.1) is 0 Å². The maximum Gasteiger partial charge on any atom is 0.0543 e. The molecule has 0 N–H and O–H groups in total. The van der Waals surface area contributed by atoms with Crippen LogP contribution in [-0.2, 0) is 5.41 Å². The summed E-state index contributed by atoms with van der Waals surface area (Å²) in [7, 11) is 0. The molecule has 0 saturated heterocycles. The number of hydrogen-bond acceptors (Lipinski definition) is 2. The predicted molar refractivity (Wildman–Crippen MR) is 220 cm³/mol. The first kappa shape index (κ1) is 29.9. The standard InChI is InChI=1S/C49H35NS/c1-49(2)42-18-9-6-17-40(42)48-43(49)19-12-21-45(48)50(44-20-10-7-15-38(44)33-13-4-3-5-14-33)37-27-25-32(26-28-37)34-23-24-35-30-41-39-16-8-11-22-46(39)51-47(41)31-36(35)29-34/h3-31H,1-2H3. The van der Waals surface area contributed by atoms with Gasteiger partial charge in [0, 0.05) is 42.4 Å². The van der Waals surface area contributed by atoms with Gasteiger partial charge in [-0.3, -0.25) is 0 Å². The lowest BCUT2D eigenvalue weighted by molar-refractivity contribution is 0.660. The minimum Gasteiger partial charge on any atom is -0.309 e. The van der Waals surface area contributed by atoms with Crippen LogP contribution >= 0.6 is 11.3 Å². The van der Waals surface area contributed by atoms with Crippen molar-refractivity contribution in [2.45, 2.75) is 19.3 Å². The summed E-state index contributed by atoms with van der Waals surface area (Å²) in [5, 5.41) is 5.23. The molecule has 0 aliphatic heterocycles. The van der Waals surface area contributed by atoms with Crippen molar-refractivity contribution in [1.82, 2.24) is 0 Å². The Kier molecular flexibility index (Phi) is 6.78. The molecule has 8 aromatic carbocycles. The first-order chi connectivity index (χ1) is 25.0. The van der Waals surface area contributed by atoms with Crippen molar-refractivity contribution in [2.75, 3.05) is 4.90 Å². The fourth-order valence-corrected chi connectivity index (χ4v) is 9.45. The molecule has 0 fully saturated rings. The molecule has 1 aliphatic carbocycles. The molecule has 0 atom stereocenters. The summed E-state index contributed by atoms with van der Waals surface area (Å²) in [4.78, 5) is 2.47. The maximum atomic E-state index is 2.47. The average Bonchev–Trinajstić information content (AvgIpc) is 3.66. The van der Waals surface area contributed by atoms with Crippen LogP contribution in [-0.4, -0.2) is 0 Å². The molecular formula is C49H35NS. The van der Waals surface area contributed by atoms with Gasteiger partial charge in [0.2, 0.25) is 0 Å². The quantitative estimate of drug-likeness (QED) is 0.176. The number of fused-ring (bicyclic) bond motifs is 7. The van der Waals surface area contributed by atoms with E-state index in [0.717, 1.165) is 11.4 Å². The molecule has 0 spiro atoms. The van der Waals surface area contributed by atoms with E-state index >= 15 is 0 Å². The van der Waals surface area contributed by atoms with Crippen molar-refractivity contribution >= 4 is 59.3 Å². The van der Waals surface area contributed by atoms with Crippen molar-refractivity contribution in [3.63, 3.8) is 0 Å². The summed E-state index contributed by atoms with van der Waals surface area (Å²) in [5.41, 5.74) is 13.6. The van der Waals surface area contributed by atoms with Crippen molar-refractivity contribution < 1.29 is 0 Å². The van der Waals surface area contributed by atoms with Crippen LogP contribution in [0.3, 0.4) is 0 Å². The molecule has 0 radical (unpaired) electrons. The van der Waals surface area contributed by atoms with E-state index in [9.17, 15) is 0 Å². The smallest absolute Gasteiger partial charge is 0.0543 e. The fourth-order valence-electron chi connectivity index (χ4n) is 8.31. The Balaban J connectivity index is 1.13. The summed E-state index contributed by atoms with van der Waals surface area (Å²) in [6, 6.07) is 64.9. The fraction of sp³-hybridized carbons (Fsp3) is 0.0612. The van der Waals surface area contributed by atoms with Crippen molar-refractivity contribution in [2.24, 2.45) is 0 Å². The Hall–Kier alpha value is -5.96. The lowest BCUT2D eigenvalue weighted by Gasteiger charge is -2.30. The van der Waals surface area contributed by atoms with E-state index in [1.807, 2.05) is 11.3 Å². The molecule has 0 saturated carbocycles. The van der Waals surface area contributed by atoms with Crippen LogP contribution in [0.15, 0.2) is 176 Å². The molecule has 9 aromatic rings. The summed E-state index contributed by atoms with van der Waals surface area (Å²) in [6.07, 6.45) is 0. The zero-order chi connectivity index (χ0) is 34.1. The molecule has 242 valence electrons. The van der Waals surface area contributed by atoms with Crippen LogP contribution < -0.4 is 4.90 Å². The van der Waals surface area contributed by atoms with Crippen LogP contribution in [0.25, 0.3) is 64.3 Å². The number of benzene rings is 8. The van der Waals surface area contributed by atoms with Gasteiger partial charge in [0.15, 0.2) is 0 Å². The van der Waals surface area contributed by atoms with Gasteiger partial charge in [0.1, 0.15) is 0 Å². The molecule has 10 rings (SSSR count). The van der Waals surface area contributed by atoms with Gasteiger partial charge in [-0.1, -0.05) is 141 Å². The minimum absolute atomic E-state index is 0.0894. The number of para-hydroxylation sites is 1. The van der Waals surface area contributed by atoms with E-state index < -0.39 is 0 Å². The Bertz CT molecular complexity index is 2770. The lowest BCUT2D eigenvalue weighted by atomic mass is 9.82. The number of hydrogen-bond donors (Lipinski definition) is 0. The zero-order valence-corrected chi connectivity index (χ0v) is 29.4. The second-order valence-corrected chi connectivity index (χ2v) is 15.2. The first-order valence-corrected chi connectivity index (χ1v) is 18.5. The van der Waals surface area contributed by atoms with Crippen molar-refractivity contribution in [1.29, 1.82) is 0 Å². The second kappa shape index (κ2) is 11.6. The molecule has 1 nitrogen and oxygen atoms in total. The number of thiophene rings is 1. The molecule has 51 heavy (non-hydrogen) atoms.